The molecule has 1 aromatic carbocycles. The predicted molar refractivity (Wildman–Crippen MR) is 81.4 cm³/mol. The molecule has 0 spiro atoms. The maximum absolute atomic E-state index is 10.1. The minimum absolute atomic E-state index is 0.200. The highest BCUT2D eigenvalue weighted by Crippen LogP contribution is 2.15. The fourth-order valence-electron chi connectivity index (χ4n) is 1.75. The van der Waals surface area contributed by atoms with Crippen LogP contribution in [0.25, 0.3) is 0 Å². The third kappa shape index (κ3) is 6.09. The van der Waals surface area contributed by atoms with Crippen LogP contribution in [0.5, 0.6) is 5.75 Å². The normalized spacial score (nSPS) is 13.2. The monoisotopic (exact) mass is 301 g/mol. The molecular formula is C15H24ClNO3. The SMILES string of the molecule is CCC(O)(CC)CNCC(O)COc1ccc(Cl)cc1. The Labute approximate surface area is 125 Å². The number of ether oxygens (including phenoxy) is 1. The summed E-state index contributed by atoms with van der Waals surface area (Å²) in [6.07, 6.45) is 0.755. The summed E-state index contributed by atoms with van der Waals surface area (Å²) >= 11 is 5.77. The Kier molecular flexibility index (Phi) is 7.30. The van der Waals surface area contributed by atoms with E-state index in [9.17, 15) is 10.2 Å². The number of aliphatic hydroxyl groups is 2. The first-order chi connectivity index (χ1) is 9.49. The van der Waals surface area contributed by atoms with Crippen molar-refractivity contribution in [3.63, 3.8) is 0 Å². The van der Waals surface area contributed by atoms with Crippen molar-refractivity contribution in [3.8, 4) is 5.75 Å². The second-order valence-electron chi connectivity index (χ2n) is 4.98. The summed E-state index contributed by atoms with van der Waals surface area (Å²) in [4.78, 5) is 0. The molecule has 0 amide bonds. The van der Waals surface area contributed by atoms with Gasteiger partial charge in [-0.2, -0.15) is 0 Å². The van der Waals surface area contributed by atoms with Crippen molar-refractivity contribution in [3.05, 3.63) is 29.3 Å². The molecule has 4 nitrogen and oxygen atoms in total. The lowest BCUT2D eigenvalue weighted by atomic mass is 9.97. The molecule has 114 valence electrons. The van der Waals surface area contributed by atoms with E-state index < -0.39 is 11.7 Å². The summed E-state index contributed by atoms with van der Waals surface area (Å²) in [5.41, 5.74) is -0.698. The van der Waals surface area contributed by atoms with Gasteiger partial charge in [-0.25, -0.2) is 0 Å². The molecule has 0 aromatic heterocycles. The van der Waals surface area contributed by atoms with Gasteiger partial charge in [0, 0.05) is 18.1 Å². The van der Waals surface area contributed by atoms with Crippen molar-refractivity contribution in [2.45, 2.75) is 38.4 Å². The van der Waals surface area contributed by atoms with Gasteiger partial charge in [0.2, 0.25) is 0 Å². The lowest BCUT2D eigenvalue weighted by Crippen LogP contribution is -2.43. The highest BCUT2D eigenvalue weighted by molar-refractivity contribution is 6.30. The van der Waals surface area contributed by atoms with Gasteiger partial charge in [0.25, 0.3) is 0 Å². The second-order valence-corrected chi connectivity index (χ2v) is 5.42. The fraction of sp³-hybridized carbons (Fsp3) is 0.600. The zero-order valence-corrected chi connectivity index (χ0v) is 12.9. The molecule has 0 fully saturated rings. The standard InChI is InChI=1S/C15H24ClNO3/c1-3-15(19,4-2)11-17-9-13(18)10-20-14-7-5-12(16)6-8-14/h5-8,13,17-19H,3-4,9-11H2,1-2H3. The topological polar surface area (TPSA) is 61.7 Å². The molecule has 0 aliphatic heterocycles. The molecule has 0 bridgehead atoms. The maximum atomic E-state index is 10.1. The van der Waals surface area contributed by atoms with Crippen LogP contribution < -0.4 is 10.1 Å². The minimum Gasteiger partial charge on any atom is -0.491 e. The summed E-state index contributed by atoms with van der Waals surface area (Å²) in [6.45, 7) is 4.95. The molecule has 3 N–H and O–H groups in total. The number of hydrogen-bond acceptors (Lipinski definition) is 4. The van der Waals surface area contributed by atoms with E-state index in [0.717, 1.165) is 0 Å². The Morgan fingerprint density at radius 3 is 2.40 bits per heavy atom. The van der Waals surface area contributed by atoms with Gasteiger partial charge >= 0.3 is 0 Å². The number of benzene rings is 1. The van der Waals surface area contributed by atoms with Crippen LogP contribution in [0.1, 0.15) is 26.7 Å². The molecule has 0 saturated heterocycles. The first-order valence-electron chi connectivity index (χ1n) is 6.98. The number of aliphatic hydroxyl groups excluding tert-OH is 1. The maximum Gasteiger partial charge on any atom is 0.119 e. The Balaban J connectivity index is 2.23. The van der Waals surface area contributed by atoms with Crippen molar-refractivity contribution in [2.75, 3.05) is 19.7 Å². The molecule has 1 atom stereocenters. The molecule has 0 aliphatic rings. The molecule has 1 aromatic rings. The first kappa shape index (κ1) is 17.2. The third-order valence-electron chi connectivity index (χ3n) is 3.41. The van der Waals surface area contributed by atoms with Gasteiger partial charge < -0.3 is 20.3 Å². The van der Waals surface area contributed by atoms with Crippen LogP contribution in [-0.4, -0.2) is 41.6 Å². The van der Waals surface area contributed by atoms with Crippen molar-refractivity contribution in [1.82, 2.24) is 5.32 Å². The largest absolute Gasteiger partial charge is 0.491 e. The summed E-state index contributed by atoms with van der Waals surface area (Å²) in [7, 11) is 0. The summed E-state index contributed by atoms with van der Waals surface area (Å²) < 4.78 is 5.45. The van der Waals surface area contributed by atoms with Gasteiger partial charge in [-0.15, -0.1) is 0 Å². The van der Waals surface area contributed by atoms with Crippen LogP contribution in [0.4, 0.5) is 0 Å². The summed E-state index contributed by atoms with van der Waals surface area (Å²) in [5, 5.41) is 23.6. The number of hydrogen-bond donors (Lipinski definition) is 3. The lowest BCUT2D eigenvalue weighted by Gasteiger charge is -2.26. The van der Waals surface area contributed by atoms with E-state index in [4.69, 9.17) is 16.3 Å². The minimum atomic E-state index is -0.698. The van der Waals surface area contributed by atoms with Gasteiger partial charge in [0.1, 0.15) is 18.5 Å². The van der Waals surface area contributed by atoms with E-state index in [1.54, 1.807) is 24.3 Å². The highest BCUT2D eigenvalue weighted by Gasteiger charge is 2.21. The average Bonchev–Trinajstić information content (AvgIpc) is 2.46. The molecule has 1 unspecified atom stereocenters. The van der Waals surface area contributed by atoms with Crippen molar-refractivity contribution < 1.29 is 14.9 Å². The van der Waals surface area contributed by atoms with Crippen LogP contribution in [0.3, 0.4) is 0 Å². The molecule has 0 saturated carbocycles. The smallest absolute Gasteiger partial charge is 0.119 e. The van der Waals surface area contributed by atoms with Gasteiger partial charge in [-0.1, -0.05) is 25.4 Å². The van der Waals surface area contributed by atoms with Crippen molar-refractivity contribution >= 4 is 11.6 Å². The van der Waals surface area contributed by atoms with E-state index in [-0.39, 0.29) is 6.61 Å². The Bertz CT molecular complexity index is 379. The molecular weight excluding hydrogens is 278 g/mol. The quantitative estimate of drug-likeness (QED) is 0.654. The zero-order valence-electron chi connectivity index (χ0n) is 12.1. The van der Waals surface area contributed by atoms with Gasteiger partial charge in [0.05, 0.1) is 5.60 Å². The van der Waals surface area contributed by atoms with Gasteiger partial charge in [-0.3, -0.25) is 0 Å². The van der Waals surface area contributed by atoms with E-state index in [1.165, 1.54) is 0 Å². The zero-order chi connectivity index (χ0) is 15.0. The van der Waals surface area contributed by atoms with Crippen LogP contribution in [0.15, 0.2) is 24.3 Å². The molecule has 0 radical (unpaired) electrons. The van der Waals surface area contributed by atoms with Crippen LogP contribution in [0, 0.1) is 0 Å². The Morgan fingerprint density at radius 1 is 1.25 bits per heavy atom. The lowest BCUT2D eigenvalue weighted by molar-refractivity contribution is 0.0270. The van der Waals surface area contributed by atoms with Gasteiger partial charge in [-0.05, 0) is 37.1 Å². The van der Waals surface area contributed by atoms with Crippen LogP contribution >= 0.6 is 11.6 Å². The summed E-state index contributed by atoms with van der Waals surface area (Å²) in [6, 6.07) is 7.00. The Hall–Kier alpha value is -0.810. The van der Waals surface area contributed by atoms with Crippen molar-refractivity contribution in [2.24, 2.45) is 0 Å². The number of rotatable bonds is 9. The van der Waals surface area contributed by atoms with E-state index in [0.29, 0.717) is 36.7 Å². The van der Waals surface area contributed by atoms with E-state index in [2.05, 4.69) is 5.32 Å². The first-order valence-corrected chi connectivity index (χ1v) is 7.36. The Morgan fingerprint density at radius 2 is 1.85 bits per heavy atom. The average molecular weight is 302 g/mol. The fourth-order valence-corrected chi connectivity index (χ4v) is 1.88. The van der Waals surface area contributed by atoms with E-state index in [1.807, 2.05) is 13.8 Å². The molecule has 5 heteroatoms. The van der Waals surface area contributed by atoms with Crippen molar-refractivity contribution in [1.29, 1.82) is 0 Å². The molecule has 1 rings (SSSR count). The predicted octanol–water partition coefficient (Wildman–Crippen LogP) is 2.22. The van der Waals surface area contributed by atoms with Crippen LogP contribution in [0.2, 0.25) is 5.02 Å². The van der Waals surface area contributed by atoms with E-state index >= 15 is 0 Å². The summed E-state index contributed by atoms with van der Waals surface area (Å²) in [5.74, 6) is 0.673. The molecule has 0 aliphatic carbocycles. The second kappa shape index (κ2) is 8.47. The molecule has 0 heterocycles. The third-order valence-corrected chi connectivity index (χ3v) is 3.66. The van der Waals surface area contributed by atoms with Crippen LogP contribution in [-0.2, 0) is 0 Å². The molecule has 20 heavy (non-hydrogen) atoms. The van der Waals surface area contributed by atoms with Gasteiger partial charge in [0.15, 0.2) is 0 Å². The number of halogens is 1. The number of nitrogens with one attached hydrogen (secondary N) is 1. The highest BCUT2D eigenvalue weighted by atomic mass is 35.5.